The Morgan fingerprint density at radius 2 is 2.14 bits per heavy atom. The van der Waals surface area contributed by atoms with Crippen LogP contribution in [0.1, 0.15) is 27.2 Å². The lowest BCUT2D eigenvalue weighted by Crippen LogP contribution is -2.43. The van der Waals surface area contributed by atoms with Crippen molar-refractivity contribution in [2.75, 3.05) is 0 Å². The average molecular weight is 432 g/mol. The van der Waals surface area contributed by atoms with Crippen molar-refractivity contribution in [1.29, 1.82) is 0 Å². The molecule has 1 nitrogen and oxygen atoms in total. The molecule has 116 valence electrons. The van der Waals surface area contributed by atoms with Gasteiger partial charge in [-0.1, -0.05) is 61.6 Å². The summed E-state index contributed by atoms with van der Waals surface area (Å²) in [6.45, 7) is 11.6. The van der Waals surface area contributed by atoms with Gasteiger partial charge in [0.25, 0.3) is 0 Å². The molecule has 0 radical (unpaired) electrons. The van der Waals surface area contributed by atoms with Crippen molar-refractivity contribution in [3.8, 4) is 0 Å². The minimum Gasteiger partial charge on any atom is -0.406 e. The summed E-state index contributed by atoms with van der Waals surface area (Å²) < 4.78 is 8.73. The van der Waals surface area contributed by atoms with Crippen molar-refractivity contribution < 1.29 is 4.43 Å². The number of thioether (sulfide) groups is 1. The third-order valence-corrected chi connectivity index (χ3v) is 10.7. The smallest absolute Gasteiger partial charge is 0.193 e. The van der Waals surface area contributed by atoms with Crippen LogP contribution in [0.15, 0.2) is 44.9 Å². The Bertz CT molecular complexity index is 511. The molecule has 0 bridgehead atoms. The number of hydrogen-bond acceptors (Lipinski definition) is 2. The molecule has 4 heteroatoms. The zero-order valence-corrected chi connectivity index (χ0v) is 17.5. The highest BCUT2D eigenvalue weighted by Gasteiger charge is 2.40. The number of rotatable bonds is 4. The Morgan fingerprint density at radius 3 is 2.71 bits per heavy atom. The van der Waals surface area contributed by atoms with Crippen LogP contribution in [-0.2, 0) is 4.43 Å². The molecule has 0 spiro atoms. The fourth-order valence-electron chi connectivity index (χ4n) is 2.15. The first kappa shape index (κ1) is 17.6. The quantitative estimate of drug-likeness (QED) is 0.386. The molecule has 0 amide bonds. The Labute approximate surface area is 148 Å². The summed E-state index contributed by atoms with van der Waals surface area (Å²) in [5.74, 6) is 0. The molecular formula is C17H25IOSSi. The normalized spacial score (nSPS) is 24.0. The fourth-order valence-corrected chi connectivity index (χ4v) is 5.09. The van der Waals surface area contributed by atoms with E-state index in [4.69, 9.17) is 4.43 Å². The Hall–Kier alpha value is 0.217. The summed E-state index contributed by atoms with van der Waals surface area (Å²) in [7, 11) is -1.77. The van der Waals surface area contributed by atoms with Gasteiger partial charge < -0.3 is 4.43 Å². The van der Waals surface area contributed by atoms with Crippen molar-refractivity contribution in [1.82, 2.24) is 0 Å². The lowest BCUT2D eigenvalue weighted by Gasteiger charge is -2.38. The van der Waals surface area contributed by atoms with E-state index in [1.807, 2.05) is 11.8 Å². The molecule has 0 aromatic heterocycles. The van der Waals surface area contributed by atoms with Crippen LogP contribution in [0.5, 0.6) is 0 Å². The van der Waals surface area contributed by atoms with E-state index in [0.717, 1.165) is 6.42 Å². The van der Waals surface area contributed by atoms with Crippen LogP contribution in [0.4, 0.5) is 0 Å². The molecule has 1 aliphatic carbocycles. The highest BCUT2D eigenvalue weighted by atomic mass is 127. The van der Waals surface area contributed by atoms with Gasteiger partial charge in [0.2, 0.25) is 0 Å². The number of allylic oxidation sites excluding steroid dienone is 4. The zero-order valence-electron chi connectivity index (χ0n) is 13.5. The Morgan fingerprint density at radius 1 is 1.43 bits per heavy atom. The van der Waals surface area contributed by atoms with E-state index in [9.17, 15) is 0 Å². The van der Waals surface area contributed by atoms with Gasteiger partial charge in [0.1, 0.15) is 0 Å². The van der Waals surface area contributed by atoms with E-state index in [2.05, 4.69) is 90.9 Å². The third kappa shape index (κ3) is 4.15. The van der Waals surface area contributed by atoms with Gasteiger partial charge in [0.05, 0.1) is 6.10 Å². The van der Waals surface area contributed by atoms with Gasteiger partial charge >= 0.3 is 0 Å². The van der Waals surface area contributed by atoms with Crippen LogP contribution in [0.3, 0.4) is 0 Å². The van der Waals surface area contributed by atoms with Crippen LogP contribution in [0, 0.1) is 0 Å². The summed E-state index contributed by atoms with van der Waals surface area (Å²) in [4.78, 5) is 1.37. The van der Waals surface area contributed by atoms with Gasteiger partial charge in [-0.15, -0.1) is 11.8 Å². The zero-order chi connectivity index (χ0) is 15.7. The van der Waals surface area contributed by atoms with E-state index in [1.165, 1.54) is 10.5 Å². The van der Waals surface area contributed by atoms with Crippen molar-refractivity contribution in [3.05, 3.63) is 44.9 Å². The molecule has 0 fully saturated rings. The van der Waals surface area contributed by atoms with E-state index in [1.54, 1.807) is 0 Å². The maximum Gasteiger partial charge on any atom is 0.193 e. The molecule has 0 aromatic rings. The molecule has 2 atom stereocenters. The van der Waals surface area contributed by atoms with Crippen molar-refractivity contribution in [2.45, 2.75) is 56.7 Å². The van der Waals surface area contributed by atoms with Crippen molar-refractivity contribution in [3.63, 3.8) is 0 Å². The first-order valence-electron chi connectivity index (χ1n) is 7.44. The van der Waals surface area contributed by atoms with Gasteiger partial charge in [0.15, 0.2) is 8.32 Å². The van der Waals surface area contributed by atoms with E-state index in [-0.39, 0.29) is 11.1 Å². The fraction of sp³-hybridized carbons (Fsp3) is 0.529. The Balaban J connectivity index is 2.20. The third-order valence-electron chi connectivity index (χ3n) is 4.49. The number of fused-ring (bicyclic) bond motifs is 1. The molecule has 2 aliphatic rings. The van der Waals surface area contributed by atoms with Crippen molar-refractivity contribution >= 4 is 42.7 Å². The predicted octanol–water partition coefficient (Wildman–Crippen LogP) is 6.21. The molecule has 0 N–H and O–H groups in total. The number of halogens is 1. The summed E-state index contributed by atoms with van der Waals surface area (Å²) in [6, 6.07) is 0. The molecule has 1 unspecified atom stereocenters. The van der Waals surface area contributed by atoms with E-state index < -0.39 is 8.32 Å². The van der Waals surface area contributed by atoms with Gasteiger partial charge in [-0.2, -0.15) is 0 Å². The van der Waals surface area contributed by atoms with Crippen LogP contribution < -0.4 is 0 Å². The van der Waals surface area contributed by atoms with Crippen LogP contribution in [0.25, 0.3) is 0 Å². The molecule has 21 heavy (non-hydrogen) atoms. The highest BCUT2D eigenvalue weighted by Crippen LogP contribution is 2.45. The van der Waals surface area contributed by atoms with Gasteiger partial charge in [0, 0.05) is 10.2 Å². The number of hydrogen-bond donors (Lipinski definition) is 0. The lowest BCUT2D eigenvalue weighted by atomic mass is 10.0. The second-order valence-corrected chi connectivity index (χ2v) is 13.9. The predicted molar refractivity (Wildman–Crippen MR) is 107 cm³/mol. The maximum absolute atomic E-state index is 6.64. The second kappa shape index (κ2) is 6.77. The molecule has 0 aromatic carbocycles. The summed E-state index contributed by atoms with van der Waals surface area (Å²) in [5.41, 5.74) is 1.45. The molecule has 1 heterocycles. The average Bonchev–Trinajstić information content (AvgIpc) is 2.80. The minimum absolute atomic E-state index is 0.110. The Kier molecular flexibility index (Phi) is 5.66. The summed E-state index contributed by atoms with van der Waals surface area (Å²) in [6.07, 6.45) is 12.5. The van der Waals surface area contributed by atoms with E-state index >= 15 is 0 Å². The standard InChI is InChI=1S/C17H25IOSSi/c1-17(2,3)21(4,5)19-14(10-11-18)16-12-13-8-6-7-9-15(13)20-16/h6-8,10-12,14-15H,9H2,1-5H3/b11-10+/t14-,15?/m1/s1. The maximum atomic E-state index is 6.64. The molecule has 1 aliphatic heterocycles. The molecular weight excluding hydrogens is 407 g/mol. The molecule has 0 saturated carbocycles. The molecule has 2 rings (SSSR count). The topological polar surface area (TPSA) is 9.23 Å². The first-order chi connectivity index (χ1) is 9.74. The molecule has 0 saturated heterocycles. The van der Waals surface area contributed by atoms with E-state index in [0.29, 0.717) is 5.25 Å². The van der Waals surface area contributed by atoms with Crippen LogP contribution >= 0.6 is 34.4 Å². The lowest BCUT2D eigenvalue weighted by molar-refractivity contribution is 0.265. The SMILES string of the molecule is CC(C)(C)[Si](C)(C)O[C@H](/C=C/I)C1=CC2=CC=CCC2S1. The monoisotopic (exact) mass is 432 g/mol. The van der Waals surface area contributed by atoms with Gasteiger partial charge in [-0.3, -0.25) is 0 Å². The van der Waals surface area contributed by atoms with Gasteiger partial charge in [-0.05, 0) is 46.4 Å². The largest absolute Gasteiger partial charge is 0.406 e. The highest BCUT2D eigenvalue weighted by molar-refractivity contribution is 14.1. The summed E-state index contributed by atoms with van der Waals surface area (Å²) in [5, 5.41) is 0.833. The van der Waals surface area contributed by atoms with Crippen molar-refractivity contribution in [2.24, 2.45) is 0 Å². The van der Waals surface area contributed by atoms with Crippen LogP contribution in [0.2, 0.25) is 18.1 Å². The summed E-state index contributed by atoms with van der Waals surface area (Å²) >= 11 is 4.27. The second-order valence-electron chi connectivity index (χ2n) is 7.10. The minimum atomic E-state index is -1.77. The first-order valence-corrected chi connectivity index (χ1v) is 12.5. The van der Waals surface area contributed by atoms with Gasteiger partial charge in [-0.25, -0.2) is 0 Å². The van der Waals surface area contributed by atoms with Crippen LogP contribution in [-0.4, -0.2) is 19.7 Å².